The minimum absolute atomic E-state index is 0.0104. The highest BCUT2D eigenvalue weighted by Gasteiger charge is 2.14. The summed E-state index contributed by atoms with van der Waals surface area (Å²) in [6, 6.07) is 13.5. The highest BCUT2D eigenvalue weighted by molar-refractivity contribution is 5.39. The first-order chi connectivity index (χ1) is 34.8. The maximum atomic E-state index is 13.2. The van der Waals surface area contributed by atoms with Crippen molar-refractivity contribution in [3.63, 3.8) is 0 Å². The predicted molar refractivity (Wildman–Crippen MR) is 271 cm³/mol. The van der Waals surface area contributed by atoms with E-state index in [2.05, 4.69) is 0 Å². The van der Waals surface area contributed by atoms with Gasteiger partial charge in [0, 0.05) is 22.3 Å². The van der Waals surface area contributed by atoms with E-state index in [1.807, 2.05) is 53.7 Å². The van der Waals surface area contributed by atoms with Crippen molar-refractivity contribution in [1.29, 1.82) is 0 Å². The van der Waals surface area contributed by atoms with Crippen LogP contribution in [0.4, 0.5) is 0 Å². The lowest BCUT2D eigenvalue weighted by Gasteiger charge is -2.09. The Kier molecular flexibility index (Phi) is 32.1. The van der Waals surface area contributed by atoms with E-state index in [0.29, 0.717) is 141 Å². The summed E-state index contributed by atoms with van der Waals surface area (Å²) in [7, 11) is 0. The van der Waals surface area contributed by atoms with Gasteiger partial charge < -0.3 is 72.2 Å². The summed E-state index contributed by atoms with van der Waals surface area (Å²) in [5.41, 5.74) is 2.82. The van der Waals surface area contributed by atoms with Crippen molar-refractivity contribution >= 4 is 0 Å². The second-order valence-electron chi connectivity index (χ2n) is 17.5. The minimum Gasteiger partial charge on any atom is -0.504 e. The fourth-order valence-electron chi connectivity index (χ4n) is 6.50. The third-order valence-electron chi connectivity index (χ3n) is 10.9. The summed E-state index contributed by atoms with van der Waals surface area (Å²) >= 11 is 0. The third kappa shape index (κ3) is 25.5. The first-order valence-corrected chi connectivity index (χ1v) is 24.8. The molecule has 0 saturated heterocycles. The third-order valence-corrected chi connectivity index (χ3v) is 10.9. The molecule has 3 aromatic rings. The van der Waals surface area contributed by atoms with E-state index in [1.165, 1.54) is 12.1 Å². The van der Waals surface area contributed by atoms with Crippen LogP contribution in [0.1, 0.15) is 98.2 Å². The van der Waals surface area contributed by atoms with Crippen LogP contribution in [0.5, 0.6) is 17.2 Å². The molecule has 0 saturated carbocycles. The fourth-order valence-corrected chi connectivity index (χ4v) is 6.50. The smallest absolute Gasteiger partial charge is 0.225 e. The second kappa shape index (κ2) is 37.3. The Bertz CT molecular complexity index is 2150. The van der Waals surface area contributed by atoms with Crippen molar-refractivity contribution in [1.82, 2.24) is 0 Å². The maximum Gasteiger partial charge on any atom is 0.225 e. The molecule has 0 aromatic heterocycles. The molecule has 0 spiro atoms. The van der Waals surface area contributed by atoms with Crippen LogP contribution in [0, 0.1) is 0 Å². The lowest BCUT2D eigenvalue weighted by molar-refractivity contribution is -0.0187. The summed E-state index contributed by atoms with van der Waals surface area (Å²) in [6.07, 6.45) is 0. The van der Waals surface area contributed by atoms with Crippen molar-refractivity contribution in [3.8, 4) is 17.2 Å². The van der Waals surface area contributed by atoms with E-state index in [4.69, 9.17) is 56.8 Å². The molecule has 72 heavy (non-hydrogen) atoms. The Morgan fingerprint density at radius 1 is 0.306 bits per heavy atom. The largest absolute Gasteiger partial charge is 0.504 e. The van der Waals surface area contributed by atoms with Gasteiger partial charge in [-0.3, -0.25) is 14.4 Å². The van der Waals surface area contributed by atoms with Gasteiger partial charge in [0.2, 0.25) is 16.3 Å². The highest BCUT2D eigenvalue weighted by Crippen LogP contribution is 2.22. The van der Waals surface area contributed by atoms with Gasteiger partial charge in [-0.2, -0.15) is 0 Å². The lowest BCUT2D eigenvalue weighted by atomic mass is 10.0. The summed E-state index contributed by atoms with van der Waals surface area (Å²) in [5, 5.41) is 31.2. The average Bonchev–Trinajstić information content (AvgIpc) is 3.65. The Morgan fingerprint density at radius 3 is 0.847 bits per heavy atom. The first-order valence-electron chi connectivity index (χ1n) is 24.8. The molecule has 0 aliphatic heterocycles. The molecule has 0 bridgehead atoms. The van der Waals surface area contributed by atoms with Crippen molar-refractivity contribution < 1.29 is 72.2 Å². The molecule has 3 rings (SSSR count). The number of rotatable bonds is 41. The second-order valence-corrected chi connectivity index (χ2v) is 17.5. The summed E-state index contributed by atoms with van der Waals surface area (Å²) in [6.45, 7) is 19.2. The van der Waals surface area contributed by atoms with Crippen LogP contribution >= 0.6 is 0 Å². The van der Waals surface area contributed by atoms with Crippen LogP contribution in [0.15, 0.2) is 62.9 Å². The van der Waals surface area contributed by atoms with Gasteiger partial charge in [-0.1, -0.05) is 65.8 Å². The zero-order valence-corrected chi connectivity index (χ0v) is 43.3. The van der Waals surface area contributed by atoms with Gasteiger partial charge in [0.1, 0.15) is 0 Å². The van der Waals surface area contributed by atoms with Gasteiger partial charge in [0.15, 0.2) is 17.2 Å². The molecule has 18 heteroatoms. The molecule has 0 aliphatic rings. The van der Waals surface area contributed by atoms with Gasteiger partial charge >= 0.3 is 0 Å². The van der Waals surface area contributed by atoms with E-state index in [-0.39, 0.29) is 74.6 Å². The van der Waals surface area contributed by atoms with Crippen LogP contribution in [0.25, 0.3) is 0 Å². The van der Waals surface area contributed by atoms with E-state index < -0.39 is 16.3 Å². The SMILES string of the molecule is CC(C)c1cc(COCCOCCOCCOCCOCCOCc2ccc(C(C)C)cc(=O)c2O)c(O)c(=O)c(COCCOCCOCCOCCOCCOCc2ccc(C(C)C)cc(=O)c2O)c1. The molecule has 0 unspecified atom stereocenters. The number of aromatic hydroxyl groups is 3. The molecule has 0 aliphatic carbocycles. The van der Waals surface area contributed by atoms with Gasteiger partial charge in [-0.15, -0.1) is 0 Å². The first kappa shape index (κ1) is 61.9. The van der Waals surface area contributed by atoms with Crippen molar-refractivity contribution in [3.05, 3.63) is 118 Å². The summed E-state index contributed by atoms with van der Waals surface area (Å²) in [5.74, 6) is -0.544. The van der Waals surface area contributed by atoms with E-state index >= 15 is 0 Å². The molecule has 0 atom stereocenters. The quantitative estimate of drug-likeness (QED) is 0.0567. The molecular formula is C54H80O18. The van der Waals surface area contributed by atoms with E-state index in [1.54, 1.807) is 24.3 Å². The van der Waals surface area contributed by atoms with Crippen molar-refractivity contribution in [2.24, 2.45) is 0 Å². The van der Waals surface area contributed by atoms with Crippen molar-refractivity contribution in [2.75, 3.05) is 132 Å². The summed E-state index contributed by atoms with van der Waals surface area (Å²) in [4.78, 5) is 37.5. The Hall–Kier alpha value is -4.41. The number of ether oxygens (including phenoxy) is 12. The molecular weight excluding hydrogens is 937 g/mol. The molecule has 0 fully saturated rings. The Labute approximate surface area is 424 Å². The maximum absolute atomic E-state index is 13.2. The normalized spacial score (nSPS) is 11.7. The van der Waals surface area contributed by atoms with Gasteiger partial charge in [-0.25, -0.2) is 0 Å². The van der Waals surface area contributed by atoms with Gasteiger partial charge in [0.05, 0.1) is 159 Å². The van der Waals surface area contributed by atoms with E-state index in [9.17, 15) is 29.7 Å². The molecule has 0 amide bonds. The molecule has 404 valence electrons. The predicted octanol–water partition coefficient (Wildman–Crippen LogP) is 5.85. The fraction of sp³-hybridized carbons (Fsp3) is 0.611. The number of hydrogen-bond donors (Lipinski definition) is 3. The number of hydrogen-bond acceptors (Lipinski definition) is 18. The van der Waals surface area contributed by atoms with Crippen LogP contribution < -0.4 is 16.3 Å². The highest BCUT2D eigenvalue weighted by atomic mass is 16.6. The monoisotopic (exact) mass is 1020 g/mol. The lowest BCUT2D eigenvalue weighted by Crippen LogP contribution is -2.14. The minimum atomic E-state index is -0.513. The molecule has 0 heterocycles. The van der Waals surface area contributed by atoms with Crippen molar-refractivity contribution in [2.45, 2.75) is 85.7 Å². The topological polar surface area (TPSA) is 223 Å². The standard InChI is InChI=1S/C54H80O18/c1-39(2)42-7-9-44(51(57)49(55)33-42)35-69-27-23-65-19-15-61-11-13-63-17-21-67-25-29-71-37-47-31-46(41(5)6)32-48(54(60)53(47)59)38-72-30-26-68-22-18-64-14-12-62-16-20-66-24-28-70-36-45-10-8-43(40(3)4)34-50(56)52(45)58/h7-10,31-34,39-41H,11-30,35-38H2,1-6H3,(H,55,57)(H,56,58)(H,59,60). The Morgan fingerprint density at radius 2 is 0.556 bits per heavy atom. The zero-order chi connectivity index (χ0) is 52.4. The molecule has 3 N–H and O–H groups in total. The van der Waals surface area contributed by atoms with Gasteiger partial charge in [-0.05, 0) is 58.7 Å². The van der Waals surface area contributed by atoms with Crippen LogP contribution in [0.2, 0.25) is 0 Å². The summed E-state index contributed by atoms with van der Waals surface area (Å²) < 4.78 is 66.9. The Balaban J connectivity index is 1.14. The van der Waals surface area contributed by atoms with Gasteiger partial charge in [0.25, 0.3) is 0 Å². The van der Waals surface area contributed by atoms with Crippen LogP contribution in [0.3, 0.4) is 0 Å². The zero-order valence-electron chi connectivity index (χ0n) is 43.3. The molecule has 0 radical (unpaired) electrons. The van der Waals surface area contributed by atoms with E-state index in [0.717, 1.165) is 16.7 Å². The van der Waals surface area contributed by atoms with Crippen LogP contribution in [-0.2, 0) is 83.3 Å². The molecule has 3 aromatic carbocycles. The molecule has 18 nitrogen and oxygen atoms in total. The average molecular weight is 1020 g/mol. The van der Waals surface area contributed by atoms with Crippen LogP contribution in [-0.4, -0.2) is 147 Å².